The van der Waals surface area contributed by atoms with Gasteiger partial charge in [-0.05, 0) is 13.0 Å². The molecule has 0 aliphatic heterocycles. The Kier molecular flexibility index (Phi) is 1.91. The molecule has 0 unspecified atom stereocenters. The fourth-order valence-electron chi connectivity index (χ4n) is 0.954. The van der Waals surface area contributed by atoms with Crippen LogP contribution in [-0.2, 0) is 0 Å². The average molecular weight is 187 g/mol. The second kappa shape index (κ2) is 3.22. The van der Waals surface area contributed by atoms with E-state index in [1.807, 2.05) is 0 Å². The van der Waals surface area contributed by atoms with Gasteiger partial charge in [-0.15, -0.1) is 0 Å². The molecule has 0 aliphatic carbocycles. The third kappa shape index (κ3) is 1.43. The van der Waals surface area contributed by atoms with Gasteiger partial charge in [-0.2, -0.15) is 10.2 Å². The van der Waals surface area contributed by atoms with E-state index in [9.17, 15) is 0 Å². The van der Waals surface area contributed by atoms with Crippen LogP contribution in [-0.4, -0.2) is 20.1 Å². The predicted octanol–water partition coefficient (Wildman–Crippen LogP) is 0.707. The van der Waals surface area contributed by atoms with Crippen molar-refractivity contribution in [2.45, 2.75) is 6.92 Å². The van der Waals surface area contributed by atoms with Gasteiger partial charge in [-0.25, -0.2) is 9.97 Å². The van der Waals surface area contributed by atoms with Crippen LogP contribution in [0.4, 0.5) is 0 Å². The molecule has 2 aromatic rings. The van der Waals surface area contributed by atoms with Gasteiger partial charge in [0.15, 0.2) is 6.07 Å². The molecule has 0 saturated heterocycles. The van der Waals surface area contributed by atoms with Gasteiger partial charge in [0.25, 0.3) is 0 Å². The first kappa shape index (κ1) is 8.31. The van der Waals surface area contributed by atoms with Gasteiger partial charge < -0.3 is 4.52 Å². The van der Waals surface area contributed by atoms with Crippen LogP contribution >= 0.6 is 0 Å². The lowest BCUT2D eigenvalue weighted by atomic mass is 10.4. The first-order chi connectivity index (χ1) is 6.79. The standard InChI is InChI=1S/C8H5N5O/c1-5-10-3-2-6(11-5)8-12-7(4-9)14-13-8/h2-3H,1H3. The van der Waals surface area contributed by atoms with Crippen LogP contribution in [0.1, 0.15) is 11.7 Å². The Hall–Kier alpha value is -2.29. The van der Waals surface area contributed by atoms with Crippen molar-refractivity contribution < 1.29 is 4.52 Å². The molecular weight excluding hydrogens is 182 g/mol. The molecular formula is C8H5N5O. The number of hydrogen-bond donors (Lipinski definition) is 0. The summed E-state index contributed by atoms with van der Waals surface area (Å²) in [7, 11) is 0. The van der Waals surface area contributed by atoms with Crippen LogP contribution in [0.15, 0.2) is 16.8 Å². The fourth-order valence-corrected chi connectivity index (χ4v) is 0.954. The second-order valence-corrected chi connectivity index (χ2v) is 2.52. The summed E-state index contributed by atoms with van der Waals surface area (Å²) in [6, 6.07) is 3.40. The SMILES string of the molecule is Cc1nccc(-c2noc(C#N)n2)n1. The minimum atomic E-state index is -0.0729. The zero-order valence-electron chi connectivity index (χ0n) is 7.30. The van der Waals surface area contributed by atoms with E-state index >= 15 is 0 Å². The number of aryl methyl sites for hydroxylation is 1. The van der Waals surface area contributed by atoms with Crippen molar-refractivity contribution >= 4 is 0 Å². The zero-order valence-corrected chi connectivity index (χ0v) is 7.30. The van der Waals surface area contributed by atoms with Crippen molar-refractivity contribution in [1.29, 1.82) is 5.26 Å². The van der Waals surface area contributed by atoms with Crippen LogP contribution in [0.3, 0.4) is 0 Å². The normalized spacial score (nSPS) is 9.71. The highest BCUT2D eigenvalue weighted by Gasteiger charge is 2.08. The molecule has 0 N–H and O–H groups in total. The maximum atomic E-state index is 8.47. The smallest absolute Gasteiger partial charge is 0.322 e. The fraction of sp³-hybridized carbons (Fsp3) is 0.125. The monoisotopic (exact) mass is 187 g/mol. The highest BCUT2D eigenvalue weighted by Crippen LogP contribution is 2.11. The Morgan fingerprint density at radius 3 is 2.93 bits per heavy atom. The van der Waals surface area contributed by atoms with E-state index in [2.05, 4.69) is 24.6 Å². The Labute approximate surface area is 79.2 Å². The molecule has 0 fully saturated rings. The van der Waals surface area contributed by atoms with Gasteiger partial charge in [-0.1, -0.05) is 5.16 Å². The second-order valence-electron chi connectivity index (χ2n) is 2.52. The summed E-state index contributed by atoms with van der Waals surface area (Å²) in [5, 5.41) is 12.1. The van der Waals surface area contributed by atoms with Crippen molar-refractivity contribution in [3.63, 3.8) is 0 Å². The summed E-state index contributed by atoms with van der Waals surface area (Å²) < 4.78 is 4.63. The van der Waals surface area contributed by atoms with E-state index in [1.54, 1.807) is 25.3 Å². The third-order valence-electron chi connectivity index (χ3n) is 1.53. The van der Waals surface area contributed by atoms with E-state index in [-0.39, 0.29) is 5.89 Å². The van der Waals surface area contributed by atoms with Gasteiger partial charge in [-0.3, -0.25) is 0 Å². The molecule has 0 bridgehead atoms. The molecule has 0 aliphatic rings. The van der Waals surface area contributed by atoms with E-state index in [0.717, 1.165) is 0 Å². The van der Waals surface area contributed by atoms with Crippen molar-refractivity contribution in [3.8, 4) is 17.6 Å². The largest absolute Gasteiger partial charge is 0.329 e. The number of hydrogen-bond acceptors (Lipinski definition) is 6. The van der Waals surface area contributed by atoms with Crippen molar-refractivity contribution in [1.82, 2.24) is 20.1 Å². The summed E-state index contributed by atoms with van der Waals surface area (Å²) in [5.41, 5.74) is 0.544. The van der Waals surface area contributed by atoms with E-state index < -0.39 is 0 Å². The van der Waals surface area contributed by atoms with E-state index in [4.69, 9.17) is 5.26 Å². The number of nitriles is 1. The molecule has 2 aromatic heterocycles. The molecule has 68 valence electrons. The Morgan fingerprint density at radius 2 is 2.29 bits per heavy atom. The van der Waals surface area contributed by atoms with Crippen molar-refractivity contribution in [2.24, 2.45) is 0 Å². The summed E-state index contributed by atoms with van der Waals surface area (Å²) in [6.45, 7) is 1.76. The van der Waals surface area contributed by atoms with Crippen LogP contribution in [0.5, 0.6) is 0 Å². The molecule has 0 amide bonds. The highest BCUT2D eigenvalue weighted by molar-refractivity contribution is 5.47. The minimum absolute atomic E-state index is 0.0729. The van der Waals surface area contributed by atoms with E-state index in [0.29, 0.717) is 17.3 Å². The lowest BCUT2D eigenvalue weighted by molar-refractivity contribution is 0.408. The lowest BCUT2D eigenvalue weighted by Gasteiger charge is -1.92. The zero-order chi connectivity index (χ0) is 9.97. The summed E-state index contributed by atoms with van der Waals surface area (Å²) in [4.78, 5) is 11.8. The van der Waals surface area contributed by atoms with Crippen LogP contribution in [0.25, 0.3) is 11.5 Å². The molecule has 2 rings (SSSR count). The average Bonchev–Trinajstić information content (AvgIpc) is 2.66. The van der Waals surface area contributed by atoms with Gasteiger partial charge in [0, 0.05) is 6.20 Å². The molecule has 2 heterocycles. The summed E-state index contributed by atoms with van der Waals surface area (Å²) >= 11 is 0. The van der Waals surface area contributed by atoms with Crippen LogP contribution in [0.2, 0.25) is 0 Å². The Morgan fingerprint density at radius 1 is 1.43 bits per heavy atom. The highest BCUT2D eigenvalue weighted by atomic mass is 16.5. The van der Waals surface area contributed by atoms with E-state index in [1.165, 1.54) is 0 Å². The quantitative estimate of drug-likeness (QED) is 0.653. The summed E-state index contributed by atoms with van der Waals surface area (Å²) in [6.07, 6.45) is 1.60. The first-order valence-electron chi connectivity index (χ1n) is 3.83. The predicted molar refractivity (Wildman–Crippen MR) is 44.8 cm³/mol. The number of nitrogens with zero attached hydrogens (tertiary/aromatic N) is 5. The maximum absolute atomic E-state index is 8.47. The first-order valence-corrected chi connectivity index (χ1v) is 3.83. The molecule has 0 radical (unpaired) electrons. The number of rotatable bonds is 1. The van der Waals surface area contributed by atoms with Crippen LogP contribution in [0, 0.1) is 18.3 Å². The summed E-state index contributed by atoms with van der Waals surface area (Å²) in [5.74, 6) is 0.842. The minimum Gasteiger partial charge on any atom is -0.322 e. The lowest BCUT2D eigenvalue weighted by Crippen LogP contribution is -1.90. The molecule has 6 heteroatoms. The molecule has 0 atom stereocenters. The Bertz CT molecular complexity index is 498. The molecule has 0 saturated carbocycles. The molecule has 14 heavy (non-hydrogen) atoms. The maximum Gasteiger partial charge on any atom is 0.329 e. The number of aromatic nitrogens is 4. The third-order valence-corrected chi connectivity index (χ3v) is 1.53. The Balaban J connectivity index is 2.45. The van der Waals surface area contributed by atoms with Gasteiger partial charge in [0.2, 0.25) is 5.82 Å². The van der Waals surface area contributed by atoms with Gasteiger partial charge in [0.1, 0.15) is 11.5 Å². The topological polar surface area (TPSA) is 88.5 Å². The van der Waals surface area contributed by atoms with Crippen LogP contribution < -0.4 is 0 Å². The van der Waals surface area contributed by atoms with Crippen molar-refractivity contribution in [3.05, 3.63) is 24.0 Å². The van der Waals surface area contributed by atoms with Gasteiger partial charge in [0.05, 0.1) is 0 Å². The molecule has 6 nitrogen and oxygen atoms in total. The van der Waals surface area contributed by atoms with Crippen molar-refractivity contribution in [2.75, 3.05) is 0 Å². The van der Waals surface area contributed by atoms with Gasteiger partial charge >= 0.3 is 5.89 Å². The molecule has 0 spiro atoms. The molecule has 0 aromatic carbocycles.